The second-order valence-electron chi connectivity index (χ2n) is 4.31. The van der Waals surface area contributed by atoms with Gasteiger partial charge in [-0.3, -0.25) is 0 Å². The largest absolute Gasteiger partial charge is 0.478 e. The van der Waals surface area contributed by atoms with Gasteiger partial charge in [-0.1, -0.05) is 29.4 Å². The number of benzene rings is 2. The van der Waals surface area contributed by atoms with E-state index in [1.165, 1.54) is 11.8 Å². The second-order valence-corrected chi connectivity index (χ2v) is 5.77. The van der Waals surface area contributed by atoms with Crippen molar-refractivity contribution in [3.05, 3.63) is 46.5 Å². The number of rotatable bonds is 1. The third-order valence-electron chi connectivity index (χ3n) is 3.02. The van der Waals surface area contributed by atoms with Crippen LogP contribution < -0.4 is 5.32 Å². The predicted molar refractivity (Wildman–Crippen MR) is 77.0 cm³/mol. The minimum absolute atomic E-state index is 0.278. The van der Waals surface area contributed by atoms with Crippen LogP contribution in [0.2, 0.25) is 5.02 Å². The zero-order chi connectivity index (χ0) is 13.6. The van der Waals surface area contributed by atoms with E-state index in [-0.39, 0.29) is 5.56 Å². The molecule has 1 aliphatic heterocycles. The van der Waals surface area contributed by atoms with Gasteiger partial charge < -0.3 is 10.4 Å². The Kier molecular flexibility index (Phi) is 2.92. The molecule has 0 amide bonds. The molecule has 2 N–H and O–H groups in total. The lowest BCUT2D eigenvalue weighted by atomic mass is 10.1. The summed E-state index contributed by atoms with van der Waals surface area (Å²) in [5.41, 5.74) is 3.29. The van der Waals surface area contributed by atoms with Gasteiger partial charge in [0.15, 0.2) is 0 Å². The van der Waals surface area contributed by atoms with Crippen molar-refractivity contribution in [3.63, 3.8) is 0 Å². The molecular weight excluding hydrogens is 282 g/mol. The van der Waals surface area contributed by atoms with Crippen LogP contribution in [-0.4, -0.2) is 11.1 Å². The van der Waals surface area contributed by atoms with Gasteiger partial charge in [0.2, 0.25) is 0 Å². The van der Waals surface area contributed by atoms with Crippen molar-refractivity contribution in [2.75, 3.05) is 5.32 Å². The third-order valence-corrected chi connectivity index (χ3v) is 4.63. The lowest BCUT2D eigenvalue weighted by molar-refractivity contribution is 0.0696. The smallest absolute Gasteiger partial charge is 0.335 e. The van der Waals surface area contributed by atoms with Gasteiger partial charge in [0, 0.05) is 4.90 Å². The highest BCUT2D eigenvalue weighted by Crippen LogP contribution is 2.48. The van der Waals surface area contributed by atoms with E-state index in [1.54, 1.807) is 18.2 Å². The Morgan fingerprint density at radius 1 is 1.32 bits per heavy atom. The number of hydrogen-bond donors (Lipinski definition) is 2. The van der Waals surface area contributed by atoms with Gasteiger partial charge in [-0.25, -0.2) is 4.79 Å². The van der Waals surface area contributed by atoms with Crippen molar-refractivity contribution in [1.82, 2.24) is 0 Å². The maximum atomic E-state index is 11.0. The van der Waals surface area contributed by atoms with Crippen LogP contribution in [0, 0.1) is 6.92 Å². The molecule has 3 nitrogen and oxygen atoms in total. The Balaban J connectivity index is 2.12. The topological polar surface area (TPSA) is 49.3 Å². The number of hydrogen-bond acceptors (Lipinski definition) is 3. The summed E-state index contributed by atoms with van der Waals surface area (Å²) in [5.74, 6) is -0.926. The van der Waals surface area contributed by atoms with Gasteiger partial charge in [-0.05, 0) is 36.8 Å². The van der Waals surface area contributed by atoms with Gasteiger partial charge in [0.25, 0.3) is 0 Å². The summed E-state index contributed by atoms with van der Waals surface area (Å²) < 4.78 is 0. The fourth-order valence-electron chi connectivity index (χ4n) is 2.00. The summed E-state index contributed by atoms with van der Waals surface area (Å²) in [6, 6.07) is 8.87. The zero-order valence-corrected chi connectivity index (χ0v) is 11.6. The fraction of sp³-hybridized carbons (Fsp3) is 0.0714. The average molecular weight is 292 g/mol. The Bertz CT molecular complexity index is 700. The molecule has 1 heterocycles. The van der Waals surface area contributed by atoms with Crippen molar-refractivity contribution in [2.24, 2.45) is 0 Å². The second kappa shape index (κ2) is 4.47. The Hall–Kier alpha value is -1.65. The van der Waals surface area contributed by atoms with Crippen LogP contribution in [0.5, 0.6) is 0 Å². The number of anilines is 2. The number of nitrogens with one attached hydrogen (secondary N) is 1. The van der Waals surface area contributed by atoms with Crippen molar-refractivity contribution < 1.29 is 9.90 Å². The zero-order valence-electron chi connectivity index (χ0n) is 10.0. The van der Waals surface area contributed by atoms with E-state index in [1.807, 2.05) is 19.1 Å². The summed E-state index contributed by atoms with van der Waals surface area (Å²) in [6.45, 7) is 2.01. The molecule has 96 valence electrons. The van der Waals surface area contributed by atoms with Crippen LogP contribution in [0.25, 0.3) is 0 Å². The number of carbonyl (C=O) groups is 1. The maximum Gasteiger partial charge on any atom is 0.335 e. The fourth-order valence-corrected chi connectivity index (χ4v) is 3.39. The molecular formula is C14H10ClNO2S. The summed E-state index contributed by atoms with van der Waals surface area (Å²) in [5, 5.41) is 13.0. The van der Waals surface area contributed by atoms with E-state index >= 15 is 0 Å². The van der Waals surface area contributed by atoms with Crippen molar-refractivity contribution in [3.8, 4) is 0 Å². The monoisotopic (exact) mass is 291 g/mol. The summed E-state index contributed by atoms with van der Waals surface area (Å²) >= 11 is 7.70. The first-order valence-corrected chi connectivity index (χ1v) is 6.87. The number of carboxylic acids is 1. The third kappa shape index (κ3) is 2.07. The van der Waals surface area contributed by atoms with Crippen LogP contribution in [-0.2, 0) is 0 Å². The van der Waals surface area contributed by atoms with Gasteiger partial charge in [0.05, 0.1) is 26.9 Å². The summed E-state index contributed by atoms with van der Waals surface area (Å²) in [7, 11) is 0. The quantitative estimate of drug-likeness (QED) is 0.690. The van der Waals surface area contributed by atoms with Crippen LogP contribution >= 0.6 is 23.4 Å². The highest BCUT2D eigenvalue weighted by Gasteiger charge is 2.20. The molecule has 0 unspecified atom stereocenters. The SMILES string of the molecule is Cc1ccc(Cl)c2c1Nc1ccc(C(=O)O)cc1S2. The molecule has 19 heavy (non-hydrogen) atoms. The highest BCUT2D eigenvalue weighted by molar-refractivity contribution is 7.99. The number of aryl methyl sites for hydroxylation is 1. The lowest BCUT2D eigenvalue weighted by Crippen LogP contribution is -2.04. The molecule has 0 saturated carbocycles. The molecule has 0 atom stereocenters. The first-order chi connectivity index (χ1) is 9.06. The van der Waals surface area contributed by atoms with Crippen LogP contribution in [0.1, 0.15) is 15.9 Å². The van der Waals surface area contributed by atoms with E-state index in [0.717, 1.165) is 26.7 Å². The van der Waals surface area contributed by atoms with E-state index < -0.39 is 5.97 Å². The maximum absolute atomic E-state index is 11.0. The Labute approximate surface area is 119 Å². The molecule has 0 saturated heterocycles. The van der Waals surface area contributed by atoms with Gasteiger partial charge >= 0.3 is 5.97 Å². The number of fused-ring (bicyclic) bond motifs is 2. The minimum Gasteiger partial charge on any atom is -0.478 e. The molecule has 3 rings (SSSR count). The highest BCUT2D eigenvalue weighted by atomic mass is 35.5. The minimum atomic E-state index is -0.926. The first kappa shape index (κ1) is 12.4. The number of halogens is 1. The normalized spacial score (nSPS) is 12.3. The van der Waals surface area contributed by atoms with E-state index in [2.05, 4.69) is 5.32 Å². The molecule has 0 aliphatic carbocycles. The first-order valence-electron chi connectivity index (χ1n) is 5.67. The van der Waals surface area contributed by atoms with Crippen LogP contribution in [0.4, 0.5) is 11.4 Å². The van der Waals surface area contributed by atoms with E-state index in [4.69, 9.17) is 16.7 Å². The van der Waals surface area contributed by atoms with Gasteiger partial charge in [-0.15, -0.1) is 0 Å². The lowest BCUT2D eigenvalue weighted by Gasteiger charge is -2.23. The standard InChI is InChI=1S/C14H10ClNO2S/c1-7-2-4-9(15)13-12(7)16-10-5-3-8(14(17)18)6-11(10)19-13/h2-6,16H,1H3,(H,17,18). The molecule has 0 bridgehead atoms. The Morgan fingerprint density at radius 3 is 2.84 bits per heavy atom. The average Bonchev–Trinajstić information content (AvgIpc) is 2.41. The van der Waals surface area contributed by atoms with Gasteiger partial charge in [0.1, 0.15) is 0 Å². The molecule has 0 spiro atoms. The van der Waals surface area contributed by atoms with E-state index in [0.29, 0.717) is 5.02 Å². The van der Waals surface area contributed by atoms with Crippen LogP contribution in [0.3, 0.4) is 0 Å². The number of aromatic carboxylic acids is 1. The van der Waals surface area contributed by atoms with Crippen molar-refractivity contribution >= 4 is 40.7 Å². The van der Waals surface area contributed by atoms with E-state index in [9.17, 15) is 4.79 Å². The molecule has 0 fully saturated rings. The molecule has 5 heteroatoms. The molecule has 2 aromatic rings. The van der Waals surface area contributed by atoms with Crippen molar-refractivity contribution in [2.45, 2.75) is 16.7 Å². The van der Waals surface area contributed by atoms with Crippen LogP contribution in [0.15, 0.2) is 40.1 Å². The Morgan fingerprint density at radius 2 is 2.11 bits per heavy atom. The molecule has 0 aromatic heterocycles. The van der Waals surface area contributed by atoms with Gasteiger partial charge in [-0.2, -0.15) is 0 Å². The molecule has 0 radical (unpaired) electrons. The van der Waals surface area contributed by atoms with Crippen molar-refractivity contribution in [1.29, 1.82) is 0 Å². The molecule has 1 aliphatic rings. The molecule has 2 aromatic carbocycles. The number of carboxylic acid groups (broad SMARTS) is 1. The summed E-state index contributed by atoms with van der Waals surface area (Å²) in [6.07, 6.45) is 0. The predicted octanol–water partition coefficient (Wildman–Crippen LogP) is 4.55. The summed E-state index contributed by atoms with van der Waals surface area (Å²) in [4.78, 5) is 12.8.